The van der Waals surface area contributed by atoms with E-state index < -0.39 is 11.1 Å². The molecule has 4 rings (SSSR count). The van der Waals surface area contributed by atoms with Gasteiger partial charge in [-0.3, -0.25) is 14.5 Å². The Balaban J connectivity index is 1.62. The lowest BCUT2D eigenvalue weighted by Crippen LogP contribution is -2.27. The molecule has 1 fully saturated rings. The van der Waals surface area contributed by atoms with Crippen LogP contribution < -0.4 is 14.2 Å². The minimum absolute atomic E-state index is 0.00866. The second-order valence-electron chi connectivity index (χ2n) is 6.11. The van der Waals surface area contributed by atoms with Crippen LogP contribution in [0.1, 0.15) is 11.1 Å². The van der Waals surface area contributed by atoms with Crippen molar-refractivity contribution in [1.29, 1.82) is 0 Å². The van der Waals surface area contributed by atoms with E-state index in [-0.39, 0.29) is 29.7 Å². The lowest BCUT2D eigenvalue weighted by atomic mass is 10.1. The van der Waals surface area contributed by atoms with Crippen LogP contribution in [0.3, 0.4) is 0 Å². The Morgan fingerprint density at radius 3 is 2.72 bits per heavy atom. The van der Waals surface area contributed by atoms with Gasteiger partial charge in [0.25, 0.3) is 11.1 Å². The second kappa shape index (κ2) is 7.81. The highest BCUT2D eigenvalue weighted by Crippen LogP contribution is 2.41. The minimum atomic E-state index is -0.480. The van der Waals surface area contributed by atoms with Gasteiger partial charge in [0.2, 0.25) is 6.79 Å². The standard InChI is InChI=1S/C19H13BrClNO6S/c1-26-15-5-11(20)2-9(17(15)23)4-16-18(24)22(19(25)29-16)7-10-3-13-14(6-12(10)21)28-8-27-13/h2-6,23H,7-8H2,1H3/b16-4-. The molecule has 150 valence electrons. The zero-order valence-corrected chi connectivity index (χ0v) is 18.1. The van der Waals surface area contributed by atoms with Crippen molar-refractivity contribution in [3.8, 4) is 23.0 Å². The van der Waals surface area contributed by atoms with Crippen molar-refractivity contribution < 1.29 is 28.9 Å². The number of benzene rings is 2. The second-order valence-corrected chi connectivity index (χ2v) is 8.43. The van der Waals surface area contributed by atoms with E-state index in [0.717, 1.165) is 16.7 Å². The normalized spacial score (nSPS) is 16.8. The molecule has 0 saturated carbocycles. The Morgan fingerprint density at radius 1 is 1.28 bits per heavy atom. The van der Waals surface area contributed by atoms with Crippen LogP contribution in [0.15, 0.2) is 33.6 Å². The highest BCUT2D eigenvalue weighted by Gasteiger charge is 2.36. The number of hydrogen-bond acceptors (Lipinski definition) is 7. The largest absolute Gasteiger partial charge is 0.504 e. The molecule has 2 aromatic carbocycles. The van der Waals surface area contributed by atoms with Crippen molar-refractivity contribution in [1.82, 2.24) is 4.90 Å². The van der Waals surface area contributed by atoms with E-state index in [1.165, 1.54) is 13.2 Å². The van der Waals surface area contributed by atoms with Gasteiger partial charge in [0.05, 0.1) is 18.6 Å². The number of methoxy groups -OCH3 is 1. The molecule has 0 atom stereocenters. The number of halogens is 2. The van der Waals surface area contributed by atoms with E-state index >= 15 is 0 Å². The van der Waals surface area contributed by atoms with Gasteiger partial charge in [-0.15, -0.1) is 0 Å². The summed E-state index contributed by atoms with van der Waals surface area (Å²) in [4.78, 5) is 26.5. The number of fused-ring (bicyclic) bond motifs is 1. The van der Waals surface area contributed by atoms with Crippen molar-refractivity contribution in [3.05, 3.63) is 49.8 Å². The molecule has 7 nitrogen and oxygen atoms in total. The smallest absolute Gasteiger partial charge is 0.293 e. The highest BCUT2D eigenvalue weighted by atomic mass is 79.9. The predicted octanol–water partition coefficient (Wildman–Crippen LogP) is 4.78. The maximum Gasteiger partial charge on any atom is 0.293 e. The van der Waals surface area contributed by atoms with E-state index in [4.69, 9.17) is 25.8 Å². The zero-order valence-electron chi connectivity index (χ0n) is 14.9. The summed E-state index contributed by atoms with van der Waals surface area (Å²) in [6.45, 7) is 0.0876. The first-order valence-corrected chi connectivity index (χ1v) is 10.3. The molecular formula is C19H13BrClNO6S. The summed E-state index contributed by atoms with van der Waals surface area (Å²) in [5.41, 5.74) is 0.911. The summed E-state index contributed by atoms with van der Waals surface area (Å²) < 4.78 is 16.4. The van der Waals surface area contributed by atoms with Gasteiger partial charge in [0, 0.05) is 21.1 Å². The van der Waals surface area contributed by atoms with E-state index in [1.54, 1.807) is 24.3 Å². The number of hydrogen-bond donors (Lipinski definition) is 1. The number of amides is 2. The molecule has 2 amide bonds. The number of carbonyl (C=O) groups is 2. The monoisotopic (exact) mass is 497 g/mol. The van der Waals surface area contributed by atoms with E-state index in [0.29, 0.717) is 32.1 Å². The third-order valence-corrected chi connectivity index (χ3v) is 6.04. The van der Waals surface area contributed by atoms with Crippen LogP contribution in [0, 0.1) is 0 Å². The van der Waals surface area contributed by atoms with E-state index in [1.807, 2.05) is 0 Å². The lowest BCUT2D eigenvalue weighted by molar-refractivity contribution is -0.123. The molecule has 29 heavy (non-hydrogen) atoms. The summed E-state index contributed by atoms with van der Waals surface area (Å²) >= 11 is 10.4. The summed E-state index contributed by atoms with van der Waals surface area (Å²) in [6, 6.07) is 6.48. The van der Waals surface area contributed by atoms with Crippen LogP contribution in [0.4, 0.5) is 4.79 Å². The lowest BCUT2D eigenvalue weighted by Gasteiger charge is -2.14. The molecule has 2 aromatic rings. The number of ether oxygens (including phenoxy) is 3. The van der Waals surface area contributed by atoms with E-state index in [2.05, 4.69) is 15.9 Å². The van der Waals surface area contributed by atoms with Crippen LogP contribution >= 0.6 is 39.3 Å². The van der Waals surface area contributed by atoms with Crippen LogP contribution in [-0.4, -0.2) is 35.1 Å². The number of rotatable bonds is 4. The maximum atomic E-state index is 12.8. The van der Waals surface area contributed by atoms with Crippen LogP contribution in [-0.2, 0) is 11.3 Å². The Bertz CT molecular complexity index is 1070. The molecule has 1 saturated heterocycles. The van der Waals surface area contributed by atoms with Gasteiger partial charge in [0.15, 0.2) is 23.0 Å². The molecular weight excluding hydrogens is 486 g/mol. The first-order chi connectivity index (χ1) is 13.9. The first-order valence-electron chi connectivity index (χ1n) is 8.27. The minimum Gasteiger partial charge on any atom is -0.504 e. The van der Waals surface area contributed by atoms with Crippen LogP contribution in [0.5, 0.6) is 23.0 Å². The number of aromatic hydroxyl groups is 1. The molecule has 0 radical (unpaired) electrons. The van der Waals surface area contributed by atoms with Crippen molar-refractivity contribution in [2.75, 3.05) is 13.9 Å². The average Bonchev–Trinajstić information content (AvgIpc) is 3.23. The summed E-state index contributed by atoms with van der Waals surface area (Å²) in [5, 5.41) is 10.2. The predicted molar refractivity (Wildman–Crippen MR) is 111 cm³/mol. The molecule has 2 heterocycles. The van der Waals surface area contributed by atoms with Gasteiger partial charge >= 0.3 is 0 Å². The number of phenols is 1. The number of carbonyl (C=O) groups excluding carboxylic acids is 2. The van der Waals surface area contributed by atoms with Gasteiger partial charge in [-0.25, -0.2) is 0 Å². The Kier molecular flexibility index (Phi) is 5.37. The quantitative estimate of drug-likeness (QED) is 0.607. The molecule has 0 unspecified atom stereocenters. The van der Waals surface area contributed by atoms with E-state index in [9.17, 15) is 14.7 Å². The Labute approximate surface area is 183 Å². The number of thioether (sulfide) groups is 1. The maximum absolute atomic E-state index is 12.8. The fourth-order valence-corrected chi connectivity index (χ4v) is 4.39. The summed E-state index contributed by atoms with van der Waals surface area (Å²) in [7, 11) is 1.42. The van der Waals surface area contributed by atoms with Crippen LogP contribution in [0.25, 0.3) is 6.08 Å². The van der Waals surface area contributed by atoms with Gasteiger partial charge in [-0.05, 0) is 41.6 Å². The zero-order chi connectivity index (χ0) is 20.7. The van der Waals surface area contributed by atoms with Crippen molar-refractivity contribution in [3.63, 3.8) is 0 Å². The SMILES string of the molecule is COc1cc(Br)cc(/C=C2\SC(=O)N(Cc3cc4c(cc3Cl)OCO4)C2=O)c1O. The Hall–Kier alpha value is -2.36. The summed E-state index contributed by atoms with van der Waals surface area (Å²) in [6.07, 6.45) is 1.45. The fraction of sp³-hybridized carbons (Fsp3) is 0.158. The third kappa shape index (κ3) is 3.77. The van der Waals surface area contributed by atoms with Crippen LogP contribution in [0.2, 0.25) is 5.02 Å². The molecule has 0 aromatic heterocycles. The van der Waals surface area contributed by atoms with Gasteiger partial charge < -0.3 is 19.3 Å². The Morgan fingerprint density at radius 2 is 2.00 bits per heavy atom. The summed E-state index contributed by atoms with van der Waals surface area (Å²) in [5.74, 6) is 0.676. The van der Waals surface area contributed by atoms with Gasteiger partial charge in [-0.1, -0.05) is 27.5 Å². The molecule has 2 aliphatic heterocycles. The molecule has 10 heteroatoms. The van der Waals surface area contributed by atoms with Crippen molar-refractivity contribution in [2.24, 2.45) is 0 Å². The van der Waals surface area contributed by atoms with Crippen molar-refractivity contribution >= 4 is 56.5 Å². The average molecular weight is 499 g/mol. The fourth-order valence-electron chi connectivity index (χ4n) is 2.89. The third-order valence-electron chi connectivity index (χ3n) is 4.32. The number of phenolic OH excluding ortho intramolecular Hbond substituents is 1. The van der Waals surface area contributed by atoms with Gasteiger partial charge in [0.1, 0.15) is 0 Å². The molecule has 0 aliphatic carbocycles. The molecule has 2 aliphatic rings. The molecule has 1 N–H and O–H groups in total. The molecule has 0 bridgehead atoms. The van der Waals surface area contributed by atoms with Gasteiger partial charge in [-0.2, -0.15) is 0 Å². The topological polar surface area (TPSA) is 85.3 Å². The number of imide groups is 1. The molecule has 0 spiro atoms. The van der Waals surface area contributed by atoms with Crippen molar-refractivity contribution in [2.45, 2.75) is 6.54 Å². The first kappa shape index (κ1) is 19.9. The highest BCUT2D eigenvalue weighted by molar-refractivity contribution is 9.10. The number of nitrogens with zero attached hydrogens (tertiary/aromatic N) is 1.